The average Bonchev–Trinajstić information content (AvgIpc) is 2.63. The van der Waals surface area contributed by atoms with Crippen LogP contribution >= 0.6 is 11.6 Å². The molecule has 0 bridgehead atoms. The van der Waals surface area contributed by atoms with Gasteiger partial charge in [0.05, 0.1) is 11.8 Å². The van der Waals surface area contributed by atoms with Crippen molar-refractivity contribution in [2.24, 2.45) is 0 Å². The van der Waals surface area contributed by atoms with E-state index in [1.165, 1.54) is 6.20 Å². The Hall–Kier alpha value is -1.40. The zero-order chi connectivity index (χ0) is 13.6. The minimum atomic E-state index is -0.733. The van der Waals surface area contributed by atoms with Crippen molar-refractivity contribution < 1.29 is 5.11 Å². The van der Waals surface area contributed by atoms with Crippen molar-refractivity contribution in [3.8, 4) is 0 Å². The Bertz CT molecular complexity index is 676. The molecule has 0 radical (unpaired) electrons. The van der Waals surface area contributed by atoms with Gasteiger partial charge in [0, 0.05) is 6.04 Å². The van der Waals surface area contributed by atoms with Crippen molar-refractivity contribution in [3.63, 3.8) is 0 Å². The zero-order valence-electron chi connectivity index (χ0n) is 10.6. The van der Waals surface area contributed by atoms with Crippen LogP contribution in [0.25, 0.3) is 11.2 Å². The topological polar surface area (TPSA) is 83.8 Å². The summed E-state index contributed by atoms with van der Waals surface area (Å²) >= 11 is 5.79. The molecule has 0 saturated heterocycles. The highest BCUT2D eigenvalue weighted by Crippen LogP contribution is 2.35. The van der Waals surface area contributed by atoms with Crippen LogP contribution in [0.2, 0.25) is 5.28 Å². The molecule has 2 aromatic rings. The van der Waals surface area contributed by atoms with E-state index in [0.29, 0.717) is 17.6 Å². The summed E-state index contributed by atoms with van der Waals surface area (Å²) in [4.78, 5) is 22.8. The molecule has 0 spiro atoms. The number of imidazole rings is 1. The van der Waals surface area contributed by atoms with E-state index in [1.807, 2.05) is 0 Å². The van der Waals surface area contributed by atoms with Crippen LogP contribution in [0.4, 0.5) is 0 Å². The number of hydrogen-bond acceptors (Lipinski definition) is 4. The van der Waals surface area contributed by atoms with Gasteiger partial charge < -0.3 is 10.1 Å². The van der Waals surface area contributed by atoms with Crippen molar-refractivity contribution in [1.82, 2.24) is 19.5 Å². The fourth-order valence-electron chi connectivity index (χ4n) is 2.88. The summed E-state index contributed by atoms with van der Waals surface area (Å²) in [5.41, 5.74) is 0.115. The molecular weight excluding hydrogens is 268 g/mol. The van der Waals surface area contributed by atoms with E-state index in [4.69, 9.17) is 11.6 Å². The maximum Gasteiger partial charge on any atom is 0.327 e. The van der Waals surface area contributed by atoms with E-state index in [1.54, 1.807) is 11.5 Å². The van der Waals surface area contributed by atoms with Crippen LogP contribution in [0.3, 0.4) is 0 Å². The highest BCUT2D eigenvalue weighted by molar-refractivity contribution is 6.28. The number of H-pyrrole nitrogens is 1. The lowest BCUT2D eigenvalue weighted by Crippen LogP contribution is -2.35. The minimum Gasteiger partial charge on any atom is -0.390 e. The normalized spacial score (nSPS) is 27.8. The molecule has 1 aliphatic rings. The van der Waals surface area contributed by atoms with Crippen LogP contribution in [-0.2, 0) is 0 Å². The van der Waals surface area contributed by atoms with Crippen LogP contribution in [0.1, 0.15) is 38.6 Å². The first-order chi connectivity index (χ1) is 8.96. The molecule has 102 valence electrons. The van der Waals surface area contributed by atoms with Gasteiger partial charge in [-0.3, -0.25) is 4.57 Å². The quantitative estimate of drug-likeness (QED) is 0.779. The van der Waals surface area contributed by atoms with Crippen LogP contribution in [0, 0.1) is 0 Å². The van der Waals surface area contributed by atoms with Crippen LogP contribution in [-0.4, -0.2) is 30.2 Å². The second kappa shape index (κ2) is 4.31. The molecule has 2 N–H and O–H groups in total. The Morgan fingerprint density at radius 2 is 2.42 bits per heavy atom. The summed E-state index contributed by atoms with van der Waals surface area (Å²) in [6.07, 6.45) is 4.54. The Labute approximate surface area is 114 Å². The van der Waals surface area contributed by atoms with Gasteiger partial charge in [-0.2, -0.15) is 4.98 Å². The van der Waals surface area contributed by atoms with E-state index in [9.17, 15) is 9.90 Å². The van der Waals surface area contributed by atoms with Crippen LogP contribution in [0.5, 0.6) is 0 Å². The van der Waals surface area contributed by atoms with E-state index in [0.717, 1.165) is 19.3 Å². The highest BCUT2D eigenvalue weighted by Gasteiger charge is 2.32. The molecule has 19 heavy (non-hydrogen) atoms. The Balaban J connectivity index is 2.11. The number of rotatable bonds is 1. The van der Waals surface area contributed by atoms with Crippen molar-refractivity contribution in [2.75, 3.05) is 0 Å². The van der Waals surface area contributed by atoms with Crippen molar-refractivity contribution in [3.05, 3.63) is 22.0 Å². The van der Waals surface area contributed by atoms with Crippen molar-refractivity contribution in [1.29, 1.82) is 0 Å². The molecule has 2 heterocycles. The van der Waals surface area contributed by atoms with Gasteiger partial charge >= 0.3 is 5.69 Å². The van der Waals surface area contributed by atoms with E-state index in [-0.39, 0.29) is 17.0 Å². The maximum atomic E-state index is 12.1. The molecule has 2 atom stereocenters. The first kappa shape index (κ1) is 12.6. The number of nitrogens with one attached hydrogen (secondary N) is 1. The summed E-state index contributed by atoms with van der Waals surface area (Å²) in [6, 6.07) is -0.0593. The Morgan fingerprint density at radius 1 is 1.63 bits per heavy atom. The molecule has 0 aromatic carbocycles. The second-order valence-corrected chi connectivity index (χ2v) is 5.76. The molecule has 7 heteroatoms. The predicted molar refractivity (Wildman–Crippen MR) is 71.3 cm³/mol. The van der Waals surface area contributed by atoms with Gasteiger partial charge in [0.15, 0.2) is 5.65 Å². The van der Waals surface area contributed by atoms with Gasteiger partial charge in [-0.1, -0.05) is 0 Å². The standard InChI is InChI=1S/C12H15ClN4O2/c1-12(19)4-2-3-7(5-12)17-9-8(15-11(17)18)6-14-10(13)16-9/h6-7,19H,2-5H2,1H3,(H,15,18). The Kier molecular flexibility index (Phi) is 2.87. The number of fused-ring (bicyclic) bond motifs is 1. The number of nitrogens with zero attached hydrogens (tertiary/aromatic N) is 3. The largest absolute Gasteiger partial charge is 0.390 e. The first-order valence-electron chi connectivity index (χ1n) is 6.31. The van der Waals surface area contributed by atoms with E-state index >= 15 is 0 Å². The zero-order valence-corrected chi connectivity index (χ0v) is 11.3. The Morgan fingerprint density at radius 3 is 3.16 bits per heavy atom. The molecule has 1 fully saturated rings. The summed E-state index contributed by atoms with van der Waals surface area (Å²) in [6.45, 7) is 1.81. The lowest BCUT2D eigenvalue weighted by atomic mass is 9.83. The molecule has 2 aromatic heterocycles. The van der Waals surface area contributed by atoms with Crippen molar-refractivity contribution >= 4 is 22.8 Å². The number of aromatic amines is 1. The second-order valence-electron chi connectivity index (χ2n) is 5.42. The first-order valence-corrected chi connectivity index (χ1v) is 6.69. The smallest absolute Gasteiger partial charge is 0.327 e. The third-order valence-electron chi connectivity index (χ3n) is 3.72. The predicted octanol–water partition coefficient (Wildman–Crippen LogP) is 1.64. The fraction of sp³-hybridized carbons (Fsp3) is 0.583. The molecule has 0 amide bonds. The van der Waals surface area contributed by atoms with Crippen LogP contribution in [0.15, 0.2) is 11.0 Å². The monoisotopic (exact) mass is 282 g/mol. The van der Waals surface area contributed by atoms with Gasteiger partial charge in [0.2, 0.25) is 5.28 Å². The van der Waals surface area contributed by atoms with Crippen molar-refractivity contribution in [2.45, 2.75) is 44.2 Å². The van der Waals surface area contributed by atoms with E-state index < -0.39 is 5.60 Å². The molecule has 2 unspecified atom stereocenters. The third-order valence-corrected chi connectivity index (χ3v) is 3.90. The minimum absolute atomic E-state index is 0.0593. The lowest BCUT2D eigenvalue weighted by molar-refractivity contribution is 0.00399. The fourth-order valence-corrected chi connectivity index (χ4v) is 3.01. The van der Waals surface area contributed by atoms with E-state index in [2.05, 4.69) is 15.0 Å². The molecular formula is C12H15ClN4O2. The molecule has 0 aliphatic heterocycles. The van der Waals surface area contributed by atoms with Gasteiger partial charge in [-0.05, 0) is 44.2 Å². The maximum absolute atomic E-state index is 12.1. The molecule has 3 rings (SSSR count). The number of hydrogen-bond donors (Lipinski definition) is 2. The number of aromatic nitrogens is 4. The van der Waals surface area contributed by atoms with Gasteiger partial charge in [-0.25, -0.2) is 9.78 Å². The summed E-state index contributed by atoms with van der Waals surface area (Å²) < 4.78 is 1.59. The molecule has 1 saturated carbocycles. The summed E-state index contributed by atoms with van der Waals surface area (Å²) in [5, 5.41) is 10.3. The number of aliphatic hydroxyl groups is 1. The molecule has 6 nitrogen and oxygen atoms in total. The SMILES string of the molecule is CC1(O)CCCC(n2c(=O)[nH]c3cnc(Cl)nc32)C1. The lowest BCUT2D eigenvalue weighted by Gasteiger charge is -2.34. The van der Waals surface area contributed by atoms with Gasteiger partial charge in [0.1, 0.15) is 5.52 Å². The van der Waals surface area contributed by atoms with Crippen LogP contribution < -0.4 is 5.69 Å². The molecule has 1 aliphatic carbocycles. The third kappa shape index (κ3) is 2.26. The van der Waals surface area contributed by atoms with Gasteiger partial charge in [-0.15, -0.1) is 0 Å². The average molecular weight is 283 g/mol. The van der Waals surface area contributed by atoms with Gasteiger partial charge in [0.25, 0.3) is 0 Å². The number of halogens is 1. The summed E-state index contributed by atoms with van der Waals surface area (Å²) in [5.74, 6) is 0. The highest BCUT2D eigenvalue weighted by atomic mass is 35.5. The summed E-state index contributed by atoms with van der Waals surface area (Å²) in [7, 11) is 0.